The van der Waals surface area contributed by atoms with Gasteiger partial charge in [-0.15, -0.1) is 0 Å². The van der Waals surface area contributed by atoms with E-state index in [1.807, 2.05) is 25.1 Å². The fraction of sp³-hybridized carbons (Fsp3) is 0.150. The maximum absolute atomic E-state index is 13.0. The van der Waals surface area contributed by atoms with Crippen molar-refractivity contribution in [3.63, 3.8) is 0 Å². The van der Waals surface area contributed by atoms with Crippen LogP contribution in [0.3, 0.4) is 0 Å². The Bertz CT molecular complexity index is 1080. The molecule has 0 bridgehead atoms. The minimum absolute atomic E-state index is 0.0420. The average molecular weight is 434 g/mol. The fourth-order valence-electron chi connectivity index (χ4n) is 3.24. The molecule has 4 rings (SSSR count). The highest BCUT2D eigenvalue weighted by Crippen LogP contribution is 2.34. The van der Waals surface area contributed by atoms with E-state index in [0.29, 0.717) is 56.2 Å². The number of fused-ring (bicyclic) bond motifs is 1. The Labute approximate surface area is 176 Å². The Hall–Kier alpha value is -2.34. The molecular formula is C20H15Cl3N4O. The van der Waals surface area contributed by atoms with Crippen molar-refractivity contribution >= 4 is 46.3 Å². The van der Waals surface area contributed by atoms with Crippen molar-refractivity contribution in [2.75, 3.05) is 5.32 Å². The van der Waals surface area contributed by atoms with Gasteiger partial charge in [0.1, 0.15) is 0 Å². The van der Waals surface area contributed by atoms with Gasteiger partial charge in [-0.05, 0) is 44.0 Å². The van der Waals surface area contributed by atoms with Crippen LogP contribution in [0, 0.1) is 6.92 Å². The molecule has 0 aliphatic heterocycles. The number of pyridine rings is 1. The summed E-state index contributed by atoms with van der Waals surface area (Å²) in [4.78, 5) is 17.4. The molecule has 1 aliphatic carbocycles. The first-order valence-corrected chi connectivity index (χ1v) is 9.74. The van der Waals surface area contributed by atoms with Crippen molar-refractivity contribution < 1.29 is 4.79 Å². The monoisotopic (exact) mass is 432 g/mol. The van der Waals surface area contributed by atoms with E-state index in [1.54, 1.807) is 29.2 Å². The van der Waals surface area contributed by atoms with Gasteiger partial charge in [-0.2, -0.15) is 5.10 Å². The highest BCUT2D eigenvalue weighted by molar-refractivity contribution is 6.48. The minimum atomic E-state index is -0.0420. The molecule has 0 unspecified atom stereocenters. The summed E-state index contributed by atoms with van der Waals surface area (Å²) in [5.74, 6) is 0.662. The summed E-state index contributed by atoms with van der Waals surface area (Å²) in [6.07, 6.45) is 4.68. The second kappa shape index (κ2) is 7.59. The van der Waals surface area contributed by atoms with Gasteiger partial charge < -0.3 is 5.32 Å². The Morgan fingerprint density at radius 1 is 1.14 bits per heavy atom. The van der Waals surface area contributed by atoms with Crippen LogP contribution in [0.1, 0.15) is 28.2 Å². The smallest absolute Gasteiger partial charge is 0.194 e. The number of rotatable bonds is 3. The third-order valence-corrected chi connectivity index (χ3v) is 5.77. The first kappa shape index (κ1) is 19.0. The molecule has 28 heavy (non-hydrogen) atoms. The van der Waals surface area contributed by atoms with Crippen molar-refractivity contribution in [1.29, 1.82) is 0 Å². The molecule has 0 amide bonds. The van der Waals surface area contributed by atoms with Crippen molar-refractivity contribution in [2.45, 2.75) is 19.8 Å². The van der Waals surface area contributed by atoms with Gasteiger partial charge in [0, 0.05) is 23.7 Å². The summed E-state index contributed by atoms with van der Waals surface area (Å²) in [5, 5.41) is 8.62. The van der Waals surface area contributed by atoms with Gasteiger partial charge in [0.15, 0.2) is 11.6 Å². The molecular weight excluding hydrogens is 419 g/mol. The van der Waals surface area contributed by atoms with E-state index >= 15 is 0 Å². The number of nitrogens with zero attached hydrogens (tertiary/aromatic N) is 3. The number of allylic oxidation sites excluding steroid dienone is 1. The number of hydrogen-bond acceptors (Lipinski definition) is 4. The average Bonchev–Trinajstić information content (AvgIpc) is 3.03. The molecule has 142 valence electrons. The number of anilines is 1. The fourth-order valence-corrected chi connectivity index (χ4v) is 3.84. The number of aryl methyl sites for hydroxylation is 1. The zero-order valence-corrected chi connectivity index (χ0v) is 17.1. The standard InChI is InChI=1S/C20H15Cl3N4O/c1-11-18-16(27(26-11)17-4-2-3-7-24-17)6-5-12(20(18)28)10-25-13-8-14(21)19(23)15(22)9-13/h2-4,7-10,25H,5-6H2,1H3/b12-10+. The number of ketones is 1. The first-order chi connectivity index (χ1) is 13.5. The summed E-state index contributed by atoms with van der Waals surface area (Å²) < 4.78 is 1.76. The quantitative estimate of drug-likeness (QED) is 0.427. The number of benzene rings is 1. The predicted molar refractivity (Wildman–Crippen MR) is 112 cm³/mol. The lowest BCUT2D eigenvalue weighted by molar-refractivity contribution is 0.102. The Morgan fingerprint density at radius 3 is 2.57 bits per heavy atom. The Kier molecular flexibility index (Phi) is 5.15. The Morgan fingerprint density at radius 2 is 1.89 bits per heavy atom. The van der Waals surface area contributed by atoms with Gasteiger partial charge in [0.2, 0.25) is 0 Å². The summed E-state index contributed by atoms with van der Waals surface area (Å²) in [6, 6.07) is 8.94. The van der Waals surface area contributed by atoms with Crippen molar-refractivity contribution in [3.05, 3.63) is 80.3 Å². The van der Waals surface area contributed by atoms with Gasteiger partial charge in [-0.3, -0.25) is 4.79 Å². The van der Waals surface area contributed by atoms with E-state index in [1.165, 1.54) is 0 Å². The topological polar surface area (TPSA) is 59.8 Å². The number of Topliss-reactive ketones (excluding diaryl/α,β-unsaturated/α-hetero) is 1. The van der Waals surface area contributed by atoms with E-state index in [9.17, 15) is 4.79 Å². The largest absolute Gasteiger partial charge is 0.361 e. The van der Waals surface area contributed by atoms with E-state index in [2.05, 4.69) is 15.4 Å². The lowest BCUT2D eigenvalue weighted by Crippen LogP contribution is -2.17. The molecule has 0 atom stereocenters. The molecule has 1 aliphatic rings. The molecule has 0 radical (unpaired) electrons. The predicted octanol–water partition coefficient (Wildman–Crippen LogP) is 5.66. The van der Waals surface area contributed by atoms with Crippen LogP contribution >= 0.6 is 34.8 Å². The second-order valence-corrected chi connectivity index (χ2v) is 7.60. The number of aromatic nitrogens is 3. The molecule has 8 heteroatoms. The van der Waals surface area contributed by atoms with Crippen molar-refractivity contribution in [2.24, 2.45) is 0 Å². The summed E-state index contributed by atoms with van der Waals surface area (Å²) in [5.41, 5.74) is 3.53. The third kappa shape index (κ3) is 3.41. The molecule has 0 saturated heterocycles. The molecule has 1 N–H and O–H groups in total. The SMILES string of the molecule is Cc1nn(-c2ccccn2)c2c1C(=O)/C(=C/Nc1cc(Cl)c(Cl)c(Cl)c1)CC2. The van der Waals surface area contributed by atoms with Crippen LogP contribution in [-0.4, -0.2) is 20.5 Å². The molecule has 2 heterocycles. The van der Waals surface area contributed by atoms with Crippen LogP contribution < -0.4 is 5.32 Å². The van der Waals surface area contributed by atoms with Crippen LogP contribution in [0.2, 0.25) is 15.1 Å². The van der Waals surface area contributed by atoms with E-state index < -0.39 is 0 Å². The zero-order valence-electron chi connectivity index (χ0n) is 14.8. The number of hydrogen-bond donors (Lipinski definition) is 1. The number of carbonyl (C=O) groups is 1. The first-order valence-electron chi connectivity index (χ1n) is 8.60. The molecule has 0 spiro atoms. The number of halogens is 3. The van der Waals surface area contributed by atoms with E-state index in [0.717, 1.165) is 5.69 Å². The van der Waals surface area contributed by atoms with Crippen LogP contribution in [0.4, 0.5) is 5.69 Å². The number of nitrogens with one attached hydrogen (secondary N) is 1. The van der Waals surface area contributed by atoms with Crippen molar-refractivity contribution in [3.8, 4) is 5.82 Å². The molecule has 0 saturated carbocycles. The normalized spacial score (nSPS) is 15.0. The van der Waals surface area contributed by atoms with Gasteiger partial charge in [-0.1, -0.05) is 40.9 Å². The van der Waals surface area contributed by atoms with Gasteiger partial charge >= 0.3 is 0 Å². The maximum atomic E-state index is 13.0. The van der Waals surface area contributed by atoms with Crippen LogP contribution in [0.25, 0.3) is 5.82 Å². The van der Waals surface area contributed by atoms with Crippen LogP contribution in [-0.2, 0) is 6.42 Å². The lowest BCUT2D eigenvalue weighted by Gasteiger charge is -2.16. The summed E-state index contributed by atoms with van der Waals surface area (Å²) in [7, 11) is 0. The molecule has 5 nitrogen and oxygen atoms in total. The van der Waals surface area contributed by atoms with Gasteiger partial charge in [0.05, 0.1) is 32.0 Å². The molecule has 3 aromatic rings. The van der Waals surface area contributed by atoms with Crippen molar-refractivity contribution in [1.82, 2.24) is 14.8 Å². The summed E-state index contributed by atoms with van der Waals surface area (Å²) >= 11 is 18.1. The number of carbonyl (C=O) groups excluding carboxylic acids is 1. The molecule has 2 aromatic heterocycles. The van der Waals surface area contributed by atoms with Crippen LogP contribution in [0.15, 0.2) is 48.3 Å². The van der Waals surface area contributed by atoms with Crippen LogP contribution in [0.5, 0.6) is 0 Å². The highest BCUT2D eigenvalue weighted by atomic mass is 35.5. The minimum Gasteiger partial charge on any atom is -0.361 e. The molecule has 1 aromatic carbocycles. The van der Waals surface area contributed by atoms with Gasteiger partial charge in [-0.25, -0.2) is 9.67 Å². The van der Waals surface area contributed by atoms with Gasteiger partial charge in [0.25, 0.3) is 0 Å². The molecule has 0 fully saturated rings. The highest BCUT2D eigenvalue weighted by Gasteiger charge is 2.29. The third-order valence-electron chi connectivity index (χ3n) is 4.57. The van der Waals surface area contributed by atoms with E-state index in [4.69, 9.17) is 34.8 Å². The zero-order chi connectivity index (χ0) is 19.8. The maximum Gasteiger partial charge on any atom is 0.194 e. The summed E-state index contributed by atoms with van der Waals surface area (Å²) in [6.45, 7) is 1.84. The second-order valence-electron chi connectivity index (χ2n) is 6.40. The lowest BCUT2D eigenvalue weighted by atomic mass is 9.90. The van der Waals surface area contributed by atoms with E-state index in [-0.39, 0.29) is 5.78 Å². The Balaban J connectivity index is 1.64.